The van der Waals surface area contributed by atoms with E-state index in [0.29, 0.717) is 6.67 Å². The predicted molar refractivity (Wildman–Crippen MR) is 105 cm³/mol. The van der Waals surface area contributed by atoms with Crippen LogP contribution in [0.2, 0.25) is 0 Å². The second kappa shape index (κ2) is 7.48. The molecule has 1 aromatic heterocycles. The first-order valence-electron chi connectivity index (χ1n) is 9.35. The molecule has 136 valence electrons. The number of para-hydroxylation sites is 2. The lowest BCUT2D eigenvalue weighted by Gasteiger charge is -2.34. The minimum atomic E-state index is 0.0673. The fourth-order valence-corrected chi connectivity index (χ4v) is 3.79. The lowest BCUT2D eigenvalue weighted by molar-refractivity contribution is 0.108. The maximum atomic E-state index is 12.6. The van der Waals surface area contributed by atoms with Gasteiger partial charge in [0.1, 0.15) is 0 Å². The lowest BCUT2D eigenvalue weighted by atomic mass is 10.1. The van der Waals surface area contributed by atoms with Crippen LogP contribution in [-0.4, -0.2) is 51.7 Å². The Balaban J connectivity index is 1.36. The molecule has 1 fully saturated rings. The molecule has 1 aliphatic rings. The van der Waals surface area contributed by atoms with E-state index in [4.69, 9.17) is 0 Å². The zero-order valence-corrected chi connectivity index (χ0v) is 15.3. The Morgan fingerprint density at radius 2 is 1.42 bits per heavy atom. The highest BCUT2D eigenvalue weighted by atomic mass is 16.1. The van der Waals surface area contributed by atoms with E-state index in [0.717, 1.165) is 50.2 Å². The number of fused-ring (bicyclic) bond motifs is 1. The molecule has 5 nitrogen and oxygen atoms in total. The fraction of sp³-hybridized carbons (Fsp3) is 0.381. The number of nitrogens with zero attached hydrogens (tertiary/aromatic N) is 4. The molecule has 0 N–H and O–H groups in total. The van der Waals surface area contributed by atoms with Crippen LogP contribution in [0.25, 0.3) is 11.0 Å². The van der Waals surface area contributed by atoms with Gasteiger partial charge in [0.05, 0.1) is 17.7 Å². The first kappa shape index (κ1) is 17.1. The Morgan fingerprint density at radius 1 is 0.808 bits per heavy atom. The largest absolute Gasteiger partial charge is 0.329 e. The maximum absolute atomic E-state index is 12.6. The van der Waals surface area contributed by atoms with E-state index in [1.807, 2.05) is 35.9 Å². The third-order valence-electron chi connectivity index (χ3n) is 5.42. The van der Waals surface area contributed by atoms with Gasteiger partial charge in [0.2, 0.25) is 0 Å². The molecule has 5 heteroatoms. The van der Waals surface area contributed by atoms with Crippen molar-refractivity contribution in [3.8, 4) is 0 Å². The fourth-order valence-electron chi connectivity index (χ4n) is 3.79. The normalized spacial score (nSPS) is 16.3. The molecule has 0 aliphatic carbocycles. The van der Waals surface area contributed by atoms with Crippen LogP contribution in [-0.2, 0) is 20.1 Å². The van der Waals surface area contributed by atoms with Crippen molar-refractivity contribution in [2.75, 3.05) is 32.7 Å². The minimum absolute atomic E-state index is 0.0673. The lowest BCUT2D eigenvalue weighted by Crippen LogP contribution is -2.48. The summed E-state index contributed by atoms with van der Waals surface area (Å²) in [5.41, 5.74) is 3.49. The van der Waals surface area contributed by atoms with E-state index in [2.05, 4.69) is 40.1 Å². The summed E-state index contributed by atoms with van der Waals surface area (Å²) in [5.74, 6) is 0. The molecule has 0 atom stereocenters. The zero-order chi connectivity index (χ0) is 17.9. The van der Waals surface area contributed by atoms with E-state index in [1.165, 1.54) is 5.56 Å². The van der Waals surface area contributed by atoms with Crippen LogP contribution in [0, 0.1) is 0 Å². The summed E-state index contributed by atoms with van der Waals surface area (Å²) >= 11 is 0. The standard InChI is InChI=1S/C21H26N4O/c1-22-19-9-5-6-10-20(19)25(21(22)26)17-24-15-13-23(14-16-24)12-11-18-7-3-2-4-8-18/h2-10H,11-17H2,1H3. The molecule has 0 saturated carbocycles. The van der Waals surface area contributed by atoms with Gasteiger partial charge < -0.3 is 4.90 Å². The molecule has 4 rings (SSSR count). The van der Waals surface area contributed by atoms with Crippen LogP contribution < -0.4 is 5.69 Å². The minimum Gasteiger partial charge on any atom is -0.300 e. The van der Waals surface area contributed by atoms with Crippen molar-refractivity contribution in [1.29, 1.82) is 0 Å². The molecular formula is C21H26N4O. The molecular weight excluding hydrogens is 324 g/mol. The molecule has 0 amide bonds. The SMILES string of the molecule is Cn1c(=O)n(CN2CCN(CCc3ccccc3)CC2)c2ccccc21. The molecule has 2 heterocycles. The monoisotopic (exact) mass is 350 g/mol. The Kier molecular flexibility index (Phi) is 4.91. The number of rotatable bonds is 5. The molecule has 0 bridgehead atoms. The van der Waals surface area contributed by atoms with Crippen LogP contribution in [0.3, 0.4) is 0 Å². The number of benzene rings is 2. The van der Waals surface area contributed by atoms with Crippen molar-refractivity contribution >= 4 is 11.0 Å². The zero-order valence-electron chi connectivity index (χ0n) is 15.3. The Labute approximate surface area is 154 Å². The molecule has 2 aromatic carbocycles. The third-order valence-corrected chi connectivity index (χ3v) is 5.42. The maximum Gasteiger partial charge on any atom is 0.329 e. The Morgan fingerprint density at radius 3 is 2.15 bits per heavy atom. The second-order valence-electron chi connectivity index (χ2n) is 7.10. The summed E-state index contributed by atoms with van der Waals surface area (Å²) in [4.78, 5) is 17.5. The van der Waals surface area contributed by atoms with E-state index in [1.54, 1.807) is 4.57 Å². The summed E-state index contributed by atoms with van der Waals surface area (Å²) in [6.07, 6.45) is 1.10. The summed E-state index contributed by atoms with van der Waals surface area (Å²) in [6.45, 7) is 5.91. The second-order valence-corrected chi connectivity index (χ2v) is 7.10. The number of imidazole rings is 1. The molecule has 0 radical (unpaired) electrons. The first-order chi connectivity index (χ1) is 12.7. The smallest absolute Gasteiger partial charge is 0.300 e. The van der Waals surface area contributed by atoms with E-state index in [9.17, 15) is 4.79 Å². The van der Waals surface area contributed by atoms with Crippen molar-refractivity contribution < 1.29 is 0 Å². The van der Waals surface area contributed by atoms with Crippen molar-refractivity contribution in [2.24, 2.45) is 7.05 Å². The molecule has 1 aliphatic heterocycles. The van der Waals surface area contributed by atoms with Crippen LogP contribution in [0.4, 0.5) is 0 Å². The molecule has 3 aromatic rings. The number of hydrogen-bond donors (Lipinski definition) is 0. The topological polar surface area (TPSA) is 33.4 Å². The molecule has 0 spiro atoms. The van der Waals surface area contributed by atoms with Gasteiger partial charge in [-0.05, 0) is 24.1 Å². The van der Waals surface area contributed by atoms with Gasteiger partial charge in [0, 0.05) is 39.8 Å². The van der Waals surface area contributed by atoms with E-state index >= 15 is 0 Å². The van der Waals surface area contributed by atoms with Crippen LogP contribution in [0.15, 0.2) is 59.4 Å². The van der Waals surface area contributed by atoms with Crippen LogP contribution >= 0.6 is 0 Å². The van der Waals surface area contributed by atoms with E-state index < -0.39 is 0 Å². The van der Waals surface area contributed by atoms with Gasteiger partial charge in [-0.1, -0.05) is 42.5 Å². The quantitative estimate of drug-likeness (QED) is 0.707. The Hall–Kier alpha value is -2.37. The molecule has 0 unspecified atom stereocenters. The number of aryl methyl sites for hydroxylation is 1. The highest BCUT2D eigenvalue weighted by molar-refractivity contribution is 5.75. The van der Waals surface area contributed by atoms with Gasteiger partial charge in [-0.3, -0.25) is 14.0 Å². The average molecular weight is 350 g/mol. The van der Waals surface area contributed by atoms with Gasteiger partial charge in [0.25, 0.3) is 0 Å². The average Bonchev–Trinajstić information content (AvgIpc) is 2.93. The predicted octanol–water partition coefficient (Wildman–Crippen LogP) is 2.16. The highest BCUT2D eigenvalue weighted by Gasteiger charge is 2.19. The first-order valence-corrected chi connectivity index (χ1v) is 9.35. The van der Waals surface area contributed by atoms with E-state index in [-0.39, 0.29) is 5.69 Å². The van der Waals surface area contributed by atoms with Crippen LogP contribution in [0.1, 0.15) is 5.56 Å². The summed E-state index contributed by atoms with van der Waals surface area (Å²) in [6, 6.07) is 18.7. The number of hydrogen-bond acceptors (Lipinski definition) is 3. The van der Waals surface area contributed by atoms with Gasteiger partial charge in [-0.25, -0.2) is 4.79 Å². The number of piperazine rings is 1. The molecule has 26 heavy (non-hydrogen) atoms. The van der Waals surface area contributed by atoms with Crippen molar-refractivity contribution in [3.05, 3.63) is 70.6 Å². The van der Waals surface area contributed by atoms with Crippen molar-refractivity contribution in [3.63, 3.8) is 0 Å². The molecule has 1 saturated heterocycles. The van der Waals surface area contributed by atoms with Gasteiger partial charge >= 0.3 is 5.69 Å². The van der Waals surface area contributed by atoms with Crippen LogP contribution in [0.5, 0.6) is 0 Å². The van der Waals surface area contributed by atoms with Gasteiger partial charge in [-0.15, -0.1) is 0 Å². The van der Waals surface area contributed by atoms with Crippen molar-refractivity contribution in [2.45, 2.75) is 13.1 Å². The Bertz CT molecular complexity index is 920. The third kappa shape index (κ3) is 3.45. The highest BCUT2D eigenvalue weighted by Crippen LogP contribution is 2.13. The summed E-state index contributed by atoms with van der Waals surface area (Å²) in [7, 11) is 1.85. The number of aromatic nitrogens is 2. The van der Waals surface area contributed by atoms with Gasteiger partial charge in [-0.2, -0.15) is 0 Å². The van der Waals surface area contributed by atoms with Crippen molar-refractivity contribution in [1.82, 2.24) is 18.9 Å². The van der Waals surface area contributed by atoms with Gasteiger partial charge in [0.15, 0.2) is 0 Å². The summed E-state index contributed by atoms with van der Waals surface area (Å²) in [5, 5.41) is 0. The summed E-state index contributed by atoms with van der Waals surface area (Å²) < 4.78 is 3.64.